The standard InChI is InChI=1S/C5H7NO3S2/c7-6(8)4-5-10-2-1-3-11(5)9/h4H,1-3H2/b5-4-. The molecule has 1 aliphatic rings. The number of thioether (sulfide) groups is 1. The van der Waals surface area contributed by atoms with Gasteiger partial charge in [0.1, 0.15) is 4.24 Å². The molecule has 0 amide bonds. The second kappa shape index (κ2) is 3.87. The smallest absolute Gasteiger partial charge is 0.256 e. The van der Waals surface area contributed by atoms with Crippen LogP contribution in [0.2, 0.25) is 0 Å². The molecule has 62 valence electrons. The zero-order valence-electron chi connectivity index (χ0n) is 5.69. The third-order valence-corrected chi connectivity index (χ3v) is 4.16. The Hall–Kier alpha value is -0.360. The summed E-state index contributed by atoms with van der Waals surface area (Å²) in [5.74, 6) is 1.40. The van der Waals surface area contributed by atoms with Gasteiger partial charge in [-0.1, -0.05) is 0 Å². The number of hydrogen-bond donors (Lipinski definition) is 0. The molecule has 6 heteroatoms. The summed E-state index contributed by atoms with van der Waals surface area (Å²) in [6, 6.07) is 0. The van der Waals surface area contributed by atoms with Gasteiger partial charge in [0, 0.05) is 5.75 Å². The van der Waals surface area contributed by atoms with Gasteiger partial charge < -0.3 is 0 Å². The maximum atomic E-state index is 11.0. The normalized spacial score (nSPS) is 28.7. The van der Waals surface area contributed by atoms with Gasteiger partial charge in [0.05, 0.1) is 15.7 Å². The molecule has 1 fully saturated rings. The largest absolute Gasteiger partial charge is 0.259 e. The van der Waals surface area contributed by atoms with Crippen molar-refractivity contribution in [3.05, 3.63) is 20.6 Å². The maximum absolute atomic E-state index is 11.0. The number of hydrogen-bond acceptors (Lipinski definition) is 4. The van der Waals surface area contributed by atoms with Gasteiger partial charge in [-0.15, -0.1) is 11.8 Å². The van der Waals surface area contributed by atoms with Crippen LogP contribution in [0.1, 0.15) is 6.42 Å². The highest BCUT2D eigenvalue weighted by atomic mass is 32.2. The predicted molar refractivity (Wildman–Crippen MR) is 45.2 cm³/mol. The van der Waals surface area contributed by atoms with Crippen LogP contribution in [0.5, 0.6) is 0 Å². The molecule has 1 saturated heterocycles. The van der Waals surface area contributed by atoms with Crippen molar-refractivity contribution in [2.24, 2.45) is 0 Å². The van der Waals surface area contributed by atoms with Crippen LogP contribution in [0.3, 0.4) is 0 Å². The number of nitro groups is 1. The highest BCUT2D eigenvalue weighted by Crippen LogP contribution is 2.25. The van der Waals surface area contributed by atoms with Gasteiger partial charge in [-0.2, -0.15) is 0 Å². The van der Waals surface area contributed by atoms with E-state index in [-0.39, 0.29) is 0 Å². The Morgan fingerprint density at radius 3 is 3.00 bits per heavy atom. The van der Waals surface area contributed by atoms with Crippen molar-refractivity contribution in [2.45, 2.75) is 6.42 Å². The topological polar surface area (TPSA) is 60.2 Å². The Morgan fingerprint density at radius 2 is 2.45 bits per heavy atom. The van der Waals surface area contributed by atoms with Crippen molar-refractivity contribution < 1.29 is 9.13 Å². The van der Waals surface area contributed by atoms with Crippen molar-refractivity contribution in [2.75, 3.05) is 11.5 Å². The molecule has 11 heavy (non-hydrogen) atoms. The molecule has 4 nitrogen and oxygen atoms in total. The third-order valence-electron chi connectivity index (χ3n) is 1.15. The van der Waals surface area contributed by atoms with Crippen LogP contribution < -0.4 is 0 Å². The Bertz CT molecular complexity index is 226. The van der Waals surface area contributed by atoms with Crippen LogP contribution in [-0.2, 0) is 10.8 Å². The fourth-order valence-electron chi connectivity index (χ4n) is 0.711. The first kappa shape index (κ1) is 8.73. The molecule has 0 saturated carbocycles. The molecule has 0 aromatic carbocycles. The Kier molecular flexibility index (Phi) is 3.07. The quantitative estimate of drug-likeness (QED) is 0.459. The minimum Gasteiger partial charge on any atom is -0.259 e. The fraction of sp³-hybridized carbons (Fsp3) is 0.600. The van der Waals surface area contributed by atoms with Gasteiger partial charge in [-0.05, 0) is 12.2 Å². The van der Waals surface area contributed by atoms with Crippen molar-refractivity contribution >= 4 is 22.6 Å². The van der Waals surface area contributed by atoms with E-state index in [1.165, 1.54) is 11.8 Å². The number of rotatable bonds is 1. The minimum absolute atomic E-state index is 0.404. The van der Waals surface area contributed by atoms with Gasteiger partial charge in [0.25, 0.3) is 6.20 Å². The first-order valence-electron chi connectivity index (χ1n) is 3.06. The van der Waals surface area contributed by atoms with Crippen LogP contribution in [-0.4, -0.2) is 20.6 Å². The van der Waals surface area contributed by atoms with Gasteiger partial charge in [0.2, 0.25) is 0 Å². The lowest BCUT2D eigenvalue weighted by atomic mass is 10.6. The van der Waals surface area contributed by atoms with Crippen LogP contribution in [0, 0.1) is 10.1 Å². The molecule has 0 aliphatic carbocycles. The molecule has 0 N–H and O–H groups in total. The molecule has 0 bridgehead atoms. The third kappa shape index (κ3) is 2.63. The Balaban J connectivity index is 2.68. The summed E-state index contributed by atoms with van der Waals surface area (Å²) in [5.41, 5.74) is 0. The first-order chi connectivity index (χ1) is 5.20. The van der Waals surface area contributed by atoms with E-state index in [2.05, 4.69) is 0 Å². The second-order valence-electron chi connectivity index (χ2n) is 1.99. The molecular weight excluding hydrogens is 186 g/mol. The summed E-state index contributed by atoms with van der Waals surface area (Å²) in [7, 11) is -1.12. The molecule has 0 spiro atoms. The average Bonchev–Trinajstić information content (AvgIpc) is 1.93. The Labute approximate surface area is 70.7 Å². The van der Waals surface area contributed by atoms with E-state index >= 15 is 0 Å². The fourth-order valence-corrected chi connectivity index (χ4v) is 3.38. The number of nitrogens with zero attached hydrogens (tertiary/aromatic N) is 1. The van der Waals surface area contributed by atoms with Crippen LogP contribution in [0.4, 0.5) is 0 Å². The molecule has 1 atom stereocenters. The molecule has 0 radical (unpaired) electrons. The zero-order chi connectivity index (χ0) is 8.27. The summed E-state index contributed by atoms with van der Waals surface area (Å²) in [6.07, 6.45) is 1.73. The van der Waals surface area contributed by atoms with E-state index in [4.69, 9.17) is 0 Å². The highest BCUT2D eigenvalue weighted by molar-refractivity contribution is 8.17. The highest BCUT2D eigenvalue weighted by Gasteiger charge is 2.16. The van der Waals surface area contributed by atoms with E-state index in [1.54, 1.807) is 0 Å². The SMILES string of the molecule is O=[N+]([O-])/C=C1/SCCCS1=O. The van der Waals surface area contributed by atoms with E-state index in [9.17, 15) is 14.3 Å². The predicted octanol–water partition coefficient (Wildman–Crippen LogP) is 0.948. The molecular formula is C5H7NO3S2. The van der Waals surface area contributed by atoms with Crippen LogP contribution >= 0.6 is 11.8 Å². The van der Waals surface area contributed by atoms with Crippen molar-refractivity contribution in [3.8, 4) is 0 Å². The van der Waals surface area contributed by atoms with E-state index in [1.807, 2.05) is 0 Å². The summed E-state index contributed by atoms with van der Waals surface area (Å²) in [5, 5.41) is 9.99. The molecule has 0 aromatic rings. The summed E-state index contributed by atoms with van der Waals surface area (Å²) in [6.45, 7) is 0. The van der Waals surface area contributed by atoms with E-state index < -0.39 is 15.7 Å². The monoisotopic (exact) mass is 193 g/mol. The zero-order valence-corrected chi connectivity index (χ0v) is 7.32. The van der Waals surface area contributed by atoms with E-state index in [0.29, 0.717) is 9.99 Å². The summed E-state index contributed by atoms with van der Waals surface area (Å²) in [4.78, 5) is 9.44. The molecule has 1 aliphatic heterocycles. The molecule has 0 aromatic heterocycles. The van der Waals surface area contributed by atoms with Gasteiger partial charge in [-0.25, -0.2) is 0 Å². The van der Waals surface area contributed by atoms with E-state index in [0.717, 1.165) is 18.4 Å². The molecule has 1 heterocycles. The minimum atomic E-state index is -1.12. The van der Waals surface area contributed by atoms with Gasteiger partial charge in [0.15, 0.2) is 0 Å². The van der Waals surface area contributed by atoms with Crippen LogP contribution in [0.25, 0.3) is 0 Å². The van der Waals surface area contributed by atoms with Crippen LogP contribution in [0.15, 0.2) is 10.4 Å². The first-order valence-corrected chi connectivity index (χ1v) is 5.37. The average molecular weight is 193 g/mol. The lowest BCUT2D eigenvalue weighted by molar-refractivity contribution is -0.402. The second-order valence-corrected chi connectivity index (χ2v) is 4.92. The van der Waals surface area contributed by atoms with Gasteiger partial charge in [-0.3, -0.25) is 14.3 Å². The van der Waals surface area contributed by atoms with Crippen molar-refractivity contribution in [1.82, 2.24) is 0 Å². The summed E-state index contributed by atoms with van der Waals surface area (Å²) < 4.78 is 11.5. The van der Waals surface area contributed by atoms with Crippen molar-refractivity contribution in [3.63, 3.8) is 0 Å². The maximum Gasteiger partial charge on any atom is 0.256 e. The Morgan fingerprint density at radius 1 is 1.73 bits per heavy atom. The van der Waals surface area contributed by atoms with Crippen molar-refractivity contribution in [1.29, 1.82) is 0 Å². The molecule has 1 unspecified atom stereocenters. The molecule has 1 rings (SSSR count). The lowest BCUT2D eigenvalue weighted by Gasteiger charge is -2.09. The summed E-state index contributed by atoms with van der Waals surface area (Å²) >= 11 is 1.32. The van der Waals surface area contributed by atoms with Gasteiger partial charge >= 0.3 is 0 Å². The lowest BCUT2D eigenvalue weighted by Crippen LogP contribution is -2.07.